The van der Waals surface area contributed by atoms with Gasteiger partial charge in [-0.25, -0.2) is 0 Å². The van der Waals surface area contributed by atoms with E-state index in [4.69, 9.17) is 0 Å². The Hall–Kier alpha value is -2.95. The first-order chi connectivity index (χ1) is 15.4. The topological polar surface area (TPSA) is 91.3 Å². The molecular weight excluding hydrogens is 465 g/mol. The molecule has 0 spiro atoms. The fourth-order valence-electron chi connectivity index (χ4n) is 3.33. The predicted octanol–water partition coefficient (Wildman–Crippen LogP) is 1.30. The van der Waals surface area contributed by atoms with Gasteiger partial charge >= 0.3 is 150 Å². The molecule has 7 heteroatoms. The van der Waals surface area contributed by atoms with Crippen molar-refractivity contribution in [1.29, 1.82) is 0 Å². The van der Waals surface area contributed by atoms with Gasteiger partial charge in [0.05, 0.1) is 0 Å². The summed E-state index contributed by atoms with van der Waals surface area (Å²) >= 11 is 2.37. The molecule has 3 N–H and O–H groups in total. The van der Waals surface area contributed by atoms with Crippen LogP contribution in [0.4, 0.5) is 0 Å². The maximum atomic E-state index is 13.0. The third kappa shape index (κ3) is 7.04. The number of aliphatic hydroxyl groups is 1. The summed E-state index contributed by atoms with van der Waals surface area (Å²) in [7, 11) is 0. The second kappa shape index (κ2) is 11.6. The molecule has 2 aromatic carbocycles. The number of nitrogens with zero attached hydrogens (tertiary/aromatic N) is 1. The van der Waals surface area contributed by atoms with E-state index in [-0.39, 0.29) is 18.9 Å². The number of nitrogens with one attached hydrogen (secondary N) is 2. The van der Waals surface area contributed by atoms with E-state index in [1.807, 2.05) is 73.7 Å². The minimum absolute atomic E-state index is 0.0869. The minimum atomic E-state index is -1.18. The van der Waals surface area contributed by atoms with Gasteiger partial charge in [0.1, 0.15) is 0 Å². The van der Waals surface area contributed by atoms with E-state index in [9.17, 15) is 14.7 Å². The SMILES string of the molecule is Cc1cccc([C@H](CNC(=O)[C@H](O)Cc2ccccc2)C(=O)NCc2ccc([As])nc2)c1. The molecule has 1 heterocycles. The molecule has 0 unspecified atom stereocenters. The number of hydrogen-bond acceptors (Lipinski definition) is 4. The van der Waals surface area contributed by atoms with Gasteiger partial charge in [0.15, 0.2) is 0 Å². The van der Waals surface area contributed by atoms with E-state index in [2.05, 4.69) is 32.5 Å². The molecule has 0 fully saturated rings. The van der Waals surface area contributed by atoms with Gasteiger partial charge in [0.2, 0.25) is 0 Å². The van der Waals surface area contributed by atoms with Crippen molar-refractivity contribution in [2.24, 2.45) is 0 Å². The zero-order valence-electron chi connectivity index (χ0n) is 17.9. The van der Waals surface area contributed by atoms with Gasteiger partial charge in [-0.3, -0.25) is 0 Å². The summed E-state index contributed by atoms with van der Waals surface area (Å²) in [6, 6.07) is 20.7. The summed E-state index contributed by atoms with van der Waals surface area (Å²) in [5.74, 6) is -1.29. The van der Waals surface area contributed by atoms with Crippen LogP contribution in [0.2, 0.25) is 0 Å². The van der Waals surface area contributed by atoms with Crippen LogP contribution in [0.5, 0.6) is 0 Å². The number of aromatic nitrogens is 1. The predicted molar refractivity (Wildman–Crippen MR) is 125 cm³/mol. The van der Waals surface area contributed by atoms with Crippen molar-refractivity contribution in [3.05, 3.63) is 95.2 Å². The molecule has 3 rings (SSSR count). The van der Waals surface area contributed by atoms with Crippen LogP contribution in [0.3, 0.4) is 0 Å². The van der Waals surface area contributed by atoms with Crippen LogP contribution in [0, 0.1) is 6.92 Å². The summed E-state index contributed by atoms with van der Waals surface area (Å²) < 4.78 is 0.849. The first kappa shape index (κ1) is 23.7. The van der Waals surface area contributed by atoms with Crippen molar-refractivity contribution in [3.63, 3.8) is 0 Å². The number of benzene rings is 2. The Morgan fingerprint density at radius 2 is 1.75 bits per heavy atom. The quantitative estimate of drug-likeness (QED) is 0.394. The van der Waals surface area contributed by atoms with Gasteiger partial charge in [-0.2, -0.15) is 0 Å². The Bertz CT molecular complexity index is 1040. The zero-order chi connectivity index (χ0) is 22.9. The van der Waals surface area contributed by atoms with Crippen molar-refractivity contribution in [2.75, 3.05) is 6.54 Å². The normalized spacial score (nSPS) is 12.6. The number of aliphatic hydroxyl groups excluding tert-OH is 1. The van der Waals surface area contributed by atoms with E-state index in [1.54, 1.807) is 6.20 Å². The van der Waals surface area contributed by atoms with Gasteiger partial charge in [-0.15, -0.1) is 0 Å². The monoisotopic (exact) mass is 491 g/mol. The molecule has 0 aliphatic rings. The number of amides is 2. The molecule has 2 atom stereocenters. The summed E-state index contributed by atoms with van der Waals surface area (Å²) in [5, 5.41) is 16.0. The molecule has 1 aromatic heterocycles. The van der Waals surface area contributed by atoms with Crippen LogP contribution in [-0.4, -0.2) is 51.4 Å². The number of pyridine rings is 1. The third-order valence-electron chi connectivity index (χ3n) is 5.09. The molecule has 164 valence electrons. The molecule has 0 bridgehead atoms. The van der Waals surface area contributed by atoms with Gasteiger partial charge in [-0.05, 0) is 5.56 Å². The first-order valence-electron chi connectivity index (χ1n) is 10.4. The molecular formula is C25H26AsN3O3. The maximum absolute atomic E-state index is 13.0. The van der Waals surface area contributed by atoms with Crippen molar-refractivity contribution < 1.29 is 14.7 Å². The van der Waals surface area contributed by atoms with Crippen LogP contribution in [0.25, 0.3) is 0 Å². The first-order valence-corrected chi connectivity index (χ1v) is 11.3. The number of rotatable bonds is 9. The molecule has 2 radical (unpaired) electrons. The number of carbonyl (C=O) groups excluding carboxylic acids is 2. The molecule has 3 aromatic rings. The standard InChI is InChI=1S/C25H26AsN3O3/c1-17-6-5-9-20(12-17)21(24(31)28-15-19-10-11-23(26)27-14-19)16-29-25(32)22(30)13-18-7-3-2-4-8-18/h2-12,14,21-22,30H,13,15-16H2,1H3,(H,28,31)(H,29,32)/t21-,22+/m0/s1. The Morgan fingerprint density at radius 1 is 0.969 bits per heavy atom. The van der Waals surface area contributed by atoms with Crippen molar-refractivity contribution in [1.82, 2.24) is 15.6 Å². The number of aryl methyl sites for hydroxylation is 1. The Morgan fingerprint density at radius 3 is 2.44 bits per heavy atom. The molecule has 0 saturated heterocycles. The molecule has 0 aliphatic heterocycles. The molecule has 0 aliphatic carbocycles. The summed E-state index contributed by atoms with van der Waals surface area (Å²) in [5.41, 5.74) is 3.59. The van der Waals surface area contributed by atoms with Crippen LogP contribution < -0.4 is 15.1 Å². The van der Waals surface area contributed by atoms with Crippen molar-refractivity contribution in [2.45, 2.75) is 31.9 Å². The van der Waals surface area contributed by atoms with E-state index in [1.165, 1.54) is 0 Å². The van der Waals surface area contributed by atoms with Crippen LogP contribution in [0.1, 0.15) is 28.2 Å². The third-order valence-corrected chi connectivity index (χ3v) is 5.65. The van der Waals surface area contributed by atoms with E-state index in [0.29, 0.717) is 6.54 Å². The Kier molecular flexibility index (Phi) is 8.60. The summed E-state index contributed by atoms with van der Waals surface area (Å²) in [4.78, 5) is 29.7. The molecule has 6 nitrogen and oxygen atoms in total. The van der Waals surface area contributed by atoms with E-state index >= 15 is 0 Å². The van der Waals surface area contributed by atoms with Crippen LogP contribution in [0.15, 0.2) is 72.9 Å². The zero-order valence-corrected chi connectivity index (χ0v) is 19.7. The molecule has 2 amide bonds. The van der Waals surface area contributed by atoms with Crippen LogP contribution >= 0.6 is 0 Å². The second-order valence-corrected chi connectivity index (χ2v) is 8.62. The fourth-order valence-corrected chi connectivity index (χ4v) is 3.61. The van der Waals surface area contributed by atoms with E-state index < -0.39 is 17.9 Å². The van der Waals surface area contributed by atoms with Crippen molar-refractivity contribution in [3.8, 4) is 0 Å². The average molecular weight is 491 g/mol. The summed E-state index contributed by atoms with van der Waals surface area (Å²) in [6.45, 7) is 2.38. The fraction of sp³-hybridized carbons (Fsp3) is 0.240. The van der Waals surface area contributed by atoms with Crippen LogP contribution in [-0.2, 0) is 22.6 Å². The van der Waals surface area contributed by atoms with Gasteiger partial charge in [0.25, 0.3) is 0 Å². The Balaban J connectivity index is 1.65. The number of carbonyl (C=O) groups is 2. The summed E-state index contributed by atoms with van der Waals surface area (Å²) in [6.07, 6.45) is 0.750. The van der Waals surface area contributed by atoms with E-state index in [0.717, 1.165) is 26.7 Å². The Labute approximate surface area is 197 Å². The number of hydrogen-bond donors (Lipinski definition) is 3. The van der Waals surface area contributed by atoms with Gasteiger partial charge in [0, 0.05) is 6.42 Å². The molecule has 0 saturated carbocycles. The van der Waals surface area contributed by atoms with Gasteiger partial charge < -0.3 is 5.11 Å². The second-order valence-electron chi connectivity index (χ2n) is 7.66. The van der Waals surface area contributed by atoms with Gasteiger partial charge in [-0.1, -0.05) is 30.3 Å². The van der Waals surface area contributed by atoms with Crippen molar-refractivity contribution >= 4 is 33.1 Å². The average Bonchev–Trinajstić information content (AvgIpc) is 2.79. The molecule has 32 heavy (non-hydrogen) atoms.